The minimum absolute atomic E-state index is 0. The fourth-order valence-electron chi connectivity index (χ4n) is 7.79. The van der Waals surface area contributed by atoms with Crippen molar-refractivity contribution in [3.8, 4) is 50.6 Å². The maximum atomic E-state index is 8.60. The Balaban J connectivity index is 0.000000198. The first-order chi connectivity index (χ1) is 30.2. The SMILES string of the molecule is CC1(C)c2c[c-]c(-c3nc4ccccc4n3-c3ccc(-c4ccccc4)cc3)cc2-c2ccccc21.[2H]c1[c-]c(-c2cc(C([2H])([2H])C(C)C)c([Si](C)(C)C)cn2)cc([2H])c1C([2H])([2H])[2H].[Ir]. The number of aromatic nitrogens is 3. The van der Waals surface area contributed by atoms with Crippen LogP contribution in [0.5, 0.6) is 0 Å². The summed E-state index contributed by atoms with van der Waals surface area (Å²) in [5.74, 6) is 0.659. The summed E-state index contributed by atoms with van der Waals surface area (Å²) in [6.07, 6.45) is 0.120. The van der Waals surface area contributed by atoms with Crippen LogP contribution < -0.4 is 5.19 Å². The van der Waals surface area contributed by atoms with Gasteiger partial charge in [-0.05, 0) is 75.1 Å². The van der Waals surface area contributed by atoms with Crippen molar-refractivity contribution < 1.29 is 29.7 Å². The minimum Gasteiger partial charge on any atom is -0.333 e. The van der Waals surface area contributed by atoms with Crippen molar-refractivity contribution in [2.24, 2.45) is 5.92 Å². The van der Waals surface area contributed by atoms with Crippen molar-refractivity contribution in [2.45, 2.75) is 66.0 Å². The normalized spacial score (nSPS) is 14.9. The van der Waals surface area contributed by atoms with Gasteiger partial charge in [0.2, 0.25) is 0 Å². The summed E-state index contributed by atoms with van der Waals surface area (Å²) < 4.78 is 58.0. The molecule has 9 rings (SSSR count). The molecule has 1 radical (unpaired) electrons. The Morgan fingerprint density at radius 2 is 1.50 bits per heavy atom. The number of nitrogens with zero attached hydrogens (tertiary/aromatic N) is 3. The first-order valence-corrected chi connectivity index (χ1v) is 23.0. The van der Waals surface area contributed by atoms with Crippen LogP contribution in [0.25, 0.3) is 61.6 Å². The average Bonchev–Trinajstić information content (AvgIpc) is 3.75. The van der Waals surface area contributed by atoms with Crippen LogP contribution in [0.4, 0.5) is 0 Å². The molecule has 1 aliphatic carbocycles. The number of pyridine rings is 1. The predicted octanol–water partition coefficient (Wildman–Crippen LogP) is 13.1. The maximum Gasteiger partial charge on any atom is 0.0798 e. The zero-order valence-corrected chi connectivity index (χ0v) is 37.3. The number of para-hydroxylation sites is 2. The van der Waals surface area contributed by atoms with Crippen LogP contribution in [0.1, 0.15) is 59.5 Å². The Morgan fingerprint density at radius 3 is 2.22 bits per heavy atom. The summed E-state index contributed by atoms with van der Waals surface area (Å²) in [5.41, 5.74) is 12.8. The molecule has 8 aromatic rings. The number of imidazole rings is 1. The standard InChI is InChI=1S/C34H25N2.C19H26NSi.Ir/c1-34(2)29-13-7-6-12-27(29)28-22-25(18-21-30(28)34)33-35-31-14-8-9-15-32(31)36(33)26-19-16-24(17-20-26)23-10-4-3-5-11-23;1-14(2)11-17-12-18(16-9-7-15(3)8-10-16)20-13-19(17)21(4,5)6;/h3-17,19-22H,1-2H3;7-9,12-14H,11H2,1-6H3;/q2*-1;/i;3D3,7D,8D,11D2;. The van der Waals surface area contributed by atoms with E-state index in [0.717, 1.165) is 33.3 Å². The van der Waals surface area contributed by atoms with Gasteiger partial charge in [-0.2, -0.15) is 0 Å². The Kier molecular flexibility index (Phi) is 9.36. The van der Waals surface area contributed by atoms with E-state index in [2.05, 4.69) is 164 Å². The van der Waals surface area contributed by atoms with Crippen LogP contribution in [0, 0.1) is 24.9 Å². The van der Waals surface area contributed by atoms with E-state index in [4.69, 9.17) is 14.6 Å². The second-order valence-electron chi connectivity index (χ2n) is 16.5. The first-order valence-electron chi connectivity index (χ1n) is 23.0. The molecule has 58 heavy (non-hydrogen) atoms. The van der Waals surface area contributed by atoms with Crippen molar-refractivity contribution in [3.05, 3.63) is 180 Å². The van der Waals surface area contributed by atoms with Gasteiger partial charge in [-0.15, -0.1) is 64.7 Å². The van der Waals surface area contributed by atoms with E-state index in [9.17, 15) is 0 Å². The predicted molar refractivity (Wildman–Crippen MR) is 243 cm³/mol. The second kappa shape index (κ2) is 16.6. The molecule has 6 aromatic carbocycles. The van der Waals surface area contributed by atoms with E-state index >= 15 is 0 Å². The topological polar surface area (TPSA) is 30.7 Å². The quantitative estimate of drug-likeness (QED) is 0.118. The molecule has 1 aliphatic rings. The van der Waals surface area contributed by atoms with Gasteiger partial charge in [0.1, 0.15) is 0 Å². The van der Waals surface area contributed by atoms with Crippen molar-refractivity contribution in [1.82, 2.24) is 14.5 Å². The van der Waals surface area contributed by atoms with Crippen LogP contribution in [0.3, 0.4) is 0 Å². The van der Waals surface area contributed by atoms with E-state index < -0.39 is 21.3 Å². The van der Waals surface area contributed by atoms with Gasteiger partial charge in [-0.25, -0.2) is 0 Å². The monoisotopic (exact) mass is 957 g/mol. The molecule has 0 aliphatic heterocycles. The molecule has 0 spiro atoms. The van der Waals surface area contributed by atoms with E-state index in [1.807, 2.05) is 19.9 Å². The number of benzene rings is 6. The van der Waals surface area contributed by atoms with Gasteiger partial charge in [0.25, 0.3) is 0 Å². The van der Waals surface area contributed by atoms with Crippen molar-refractivity contribution >= 4 is 24.3 Å². The molecular weight excluding hydrogens is 899 g/mol. The summed E-state index contributed by atoms with van der Waals surface area (Å²) in [6, 6.07) is 49.5. The maximum absolute atomic E-state index is 8.60. The molecule has 3 nitrogen and oxygen atoms in total. The summed E-state index contributed by atoms with van der Waals surface area (Å²) in [7, 11) is -1.87. The summed E-state index contributed by atoms with van der Waals surface area (Å²) in [6.45, 7) is 12.1. The molecule has 0 bridgehead atoms. The number of fused-ring (bicyclic) bond motifs is 4. The van der Waals surface area contributed by atoms with Gasteiger partial charge < -0.3 is 9.55 Å². The Labute approximate surface area is 369 Å². The molecular formula is C53H51IrN3Si-2. The number of rotatable bonds is 7. The molecule has 0 unspecified atom stereocenters. The van der Waals surface area contributed by atoms with Gasteiger partial charge in [0.05, 0.1) is 24.9 Å². The van der Waals surface area contributed by atoms with Crippen LogP contribution in [-0.2, 0) is 31.9 Å². The van der Waals surface area contributed by atoms with E-state index in [1.165, 1.54) is 39.4 Å². The molecule has 293 valence electrons. The van der Waals surface area contributed by atoms with Gasteiger partial charge in [-0.1, -0.05) is 150 Å². The van der Waals surface area contributed by atoms with Crippen molar-refractivity contribution in [3.63, 3.8) is 0 Å². The first kappa shape index (κ1) is 32.7. The summed E-state index contributed by atoms with van der Waals surface area (Å²) in [5, 5.41) is 0.922. The fourth-order valence-corrected chi connectivity index (χ4v) is 9.19. The van der Waals surface area contributed by atoms with Gasteiger partial charge in [0, 0.05) is 41.6 Å². The number of hydrogen-bond donors (Lipinski definition) is 0. The number of hydrogen-bond acceptors (Lipinski definition) is 2. The van der Waals surface area contributed by atoms with Crippen LogP contribution in [0.15, 0.2) is 146 Å². The van der Waals surface area contributed by atoms with E-state index in [-0.39, 0.29) is 49.1 Å². The minimum atomic E-state index is -2.56. The van der Waals surface area contributed by atoms with Gasteiger partial charge in [0.15, 0.2) is 0 Å². The Hall–Kier alpha value is -5.19. The molecule has 0 amide bonds. The molecule has 0 atom stereocenters. The average molecular weight is 957 g/mol. The zero-order valence-electron chi connectivity index (χ0n) is 41.0. The van der Waals surface area contributed by atoms with Crippen molar-refractivity contribution in [2.75, 3.05) is 0 Å². The summed E-state index contributed by atoms with van der Waals surface area (Å²) in [4.78, 5) is 9.54. The van der Waals surface area contributed by atoms with Gasteiger partial charge >= 0.3 is 0 Å². The molecule has 0 saturated heterocycles. The third-order valence-electron chi connectivity index (χ3n) is 10.7. The van der Waals surface area contributed by atoms with Crippen LogP contribution >= 0.6 is 0 Å². The molecule has 2 aromatic heterocycles. The van der Waals surface area contributed by atoms with Crippen molar-refractivity contribution in [1.29, 1.82) is 0 Å². The molecule has 0 fully saturated rings. The fraction of sp³-hybridized carbons (Fsp3) is 0.208. The van der Waals surface area contributed by atoms with E-state index in [0.29, 0.717) is 16.8 Å². The van der Waals surface area contributed by atoms with Crippen LogP contribution in [0.2, 0.25) is 19.6 Å². The Bertz CT molecular complexity index is 3000. The second-order valence-corrected chi connectivity index (χ2v) is 21.5. The third-order valence-corrected chi connectivity index (χ3v) is 12.7. The zero-order chi connectivity index (χ0) is 45.9. The van der Waals surface area contributed by atoms with Gasteiger partial charge in [-0.3, -0.25) is 4.98 Å². The molecule has 2 heterocycles. The summed E-state index contributed by atoms with van der Waals surface area (Å²) >= 11 is 0. The Morgan fingerprint density at radius 1 is 0.793 bits per heavy atom. The largest absolute Gasteiger partial charge is 0.333 e. The molecule has 0 N–H and O–H groups in total. The smallest absolute Gasteiger partial charge is 0.0798 e. The molecule has 5 heteroatoms. The van der Waals surface area contributed by atoms with E-state index in [1.54, 1.807) is 12.3 Å². The molecule has 0 saturated carbocycles. The third kappa shape index (κ3) is 8.09. The van der Waals surface area contributed by atoms with Crippen LogP contribution in [-0.4, -0.2) is 22.6 Å².